The summed E-state index contributed by atoms with van der Waals surface area (Å²) in [5.74, 6) is 5.28. The summed E-state index contributed by atoms with van der Waals surface area (Å²) in [7, 11) is 0. The van der Waals surface area contributed by atoms with Crippen molar-refractivity contribution in [1.29, 1.82) is 0 Å². The first-order valence-corrected chi connectivity index (χ1v) is 16.4. The minimum Gasteiger partial charge on any atom is -0.462 e. The lowest BCUT2D eigenvalue weighted by atomic mass is 9.47. The minimum atomic E-state index is -0.123. The average Bonchev–Trinajstić information content (AvgIpc) is 3.15. The van der Waals surface area contributed by atoms with Crippen molar-refractivity contribution < 1.29 is 9.53 Å². The molecule has 11 atom stereocenters. The molecule has 0 N–H and O–H groups in total. The van der Waals surface area contributed by atoms with Crippen LogP contribution in [0.4, 0.5) is 0 Å². The number of allylic oxidation sites excluding steroid dienone is 1. The van der Waals surface area contributed by atoms with E-state index in [1.54, 1.807) is 12.5 Å². The topological polar surface area (TPSA) is 26.3 Å². The molecule has 0 aromatic rings. The van der Waals surface area contributed by atoms with Crippen molar-refractivity contribution in [3.63, 3.8) is 0 Å². The molecule has 0 aromatic carbocycles. The molecule has 0 amide bonds. The molecule has 4 rings (SSSR count). The standard InChI is InChI=1S/C31H50Br2O2/c1-8-23(18(2)3)29(33)28(32)19(4)25-11-12-26-24-10-9-21-17-22(35-20(5)34)13-15-30(21,6)27(24)14-16-31(25,26)7/h9,18-19,22-29H,8,10-17H2,1-7H3/t19-,22-,23-,24-,25+,26-,27-,28+,29+,30-,31+/m0/s1. The van der Waals surface area contributed by atoms with Crippen molar-refractivity contribution in [2.45, 2.75) is 122 Å². The van der Waals surface area contributed by atoms with Crippen molar-refractivity contribution >= 4 is 37.8 Å². The number of alkyl halides is 2. The Morgan fingerprint density at radius 3 is 2.40 bits per heavy atom. The highest BCUT2D eigenvalue weighted by molar-refractivity contribution is 9.12. The number of carbonyl (C=O) groups is 1. The molecule has 3 saturated carbocycles. The third-order valence-corrected chi connectivity index (χ3v) is 15.0. The monoisotopic (exact) mass is 612 g/mol. The fourth-order valence-electron chi connectivity index (χ4n) is 9.68. The molecule has 4 aliphatic rings. The van der Waals surface area contributed by atoms with E-state index in [9.17, 15) is 4.79 Å². The molecule has 2 nitrogen and oxygen atoms in total. The first kappa shape index (κ1) is 28.2. The maximum atomic E-state index is 11.6. The van der Waals surface area contributed by atoms with Crippen molar-refractivity contribution in [1.82, 2.24) is 0 Å². The largest absolute Gasteiger partial charge is 0.462 e. The van der Waals surface area contributed by atoms with Gasteiger partial charge in [0, 0.05) is 23.0 Å². The lowest BCUT2D eigenvalue weighted by molar-refractivity contribution is -0.148. The van der Waals surface area contributed by atoms with E-state index in [1.165, 1.54) is 44.9 Å². The van der Waals surface area contributed by atoms with E-state index in [1.807, 2.05) is 0 Å². The summed E-state index contributed by atoms with van der Waals surface area (Å²) in [6.45, 7) is 16.4. The van der Waals surface area contributed by atoms with E-state index in [4.69, 9.17) is 4.74 Å². The van der Waals surface area contributed by atoms with E-state index >= 15 is 0 Å². The van der Waals surface area contributed by atoms with Crippen LogP contribution in [0.5, 0.6) is 0 Å². The number of rotatable bonds is 7. The van der Waals surface area contributed by atoms with Crippen LogP contribution in [0.25, 0.3) is 0 Å². The van der Waals surface area contributed by atoms with Crippen molar-refractivity contribution in [3.05, 3.63) is 11.6 Å². The SMILES string of the molecule is CC[C@@H](C(C)C)[C@@H](Br)[C@H](Br)[C@@H](C)[C@H]1CC[C@H]2[C@@H]3CC=C4C[C@@H](OC(C)=O)CC[C@]4(C)[C@H]3CC[C@]12C. The molecule has 0 aromatic heterocycles. The van der Waals surface area contributed by atoms with Crippen LogP contribution in [0.2, 0.25) is 0 Å². The van der Waals surface area contributed by atoms with Gasteiger partial charge in [-0.05, 0) is 97.2 Å². The third-order valence-electron chi connectivity index (χ3n) is 11.6. The number of esters is 1. The second-order valence-corrected chi connectivity index (χ2v) is 15.6. The number of ether oxygens (including phenoxy) is 1. The van der Waals surface area contributed by atoms with Crippen LogP contribution in [0.3, 0.4) is 0 Å². The molecule has 0 radical (unpaired) electrons. The summed E-state index contributed by atoms with van der Waals surface area (Å²) in [6.07, 6.45) is 13.9. The molecular formula is C31H50Br2O2. The van der Waals surface area contributed by atoms with Gasteiger partial charge in [0.2, 0.25) is 0 Å². The van der Waals surface area contributed by atoms with Crippen molar-refractivity contribution in [2.24, 2.45) is 52.3 Å². The zero-order chi connectivity index (χ0) is 25.7. The van der Waals surface area contributed by atoms with Crippen LogP contribution in [-0.2, 0) is 9.53 Å². The lowest BCUT2D eigenvalue weighted by Crippen LogP contribution is -2.51. The van der Waals surface area contributed by atoms with Gasteiger partial charge in [-0.3, -0.25) is 4.79 Å². The smallest absolute Gasteiger partial charge is 0.302 e. The van der Waals surface area contributed by atoms with E-state index in [-0.39, 0.29) is 12.1 Å². The molecule has 200 valence electrons. The van der Waals surface area contributed by atoms with Crippen LogP contribution in [-0.4, -0.2) is 21.7 Å². The van der Waals surface area contributed by atoms with Gasteiger partial charge in [0.15, 0.2) is 0 Å². The summed E-state index contributed by atoms with van der Waals surface area (Å²) in [5.41, 5.74) is 2.38. The van der Waals surface area contributed by atoms with Crippen LogP contribution in [0.1, 0.15) is 106 Å². The van der Waals surface area contributed by atoms with Crippen LogP contribution in [0.15, 0.2) is 11.6 Å². The quantitative estimate of drug-likeness (QED) is 0.162. The fraction of sp³-hybridized carbons (Fsp3) is 0.903. The number of hydrogen-bond donors (Lipinski definition) is 0. The van der Waals surface area contributed by atoms with Gasteiger partial charge in [-0.1, -0.05) is 91.5 Å². The van der Waals surface area contributed by atoms with Crippen molar-refractivity contribution in [2.75, 3.05) is 0 Å². The summed E-state index contributed by atoms with van der Waals surface area (Å²) < 4.78 is 5.64. The summed E-state index contributed by atoms with van der Waals surface area (Å²) >= 11 is 8.38. The molecule has 0 aliphatic heterocycles. The number of halogens is 2. The predicted octanol–water partition coefficient (Wildman–Crippen LogP) is 9.34. The normalized spacial score (nSPS) is 42.2. The van der Waals surface area contributed by atoms with Gasteiger partial charge in [0.1, 0.15) is 6.10 Å². The second-order valence-electron chi connectivity index (χ2n) is 13.5. The first-order chi connectivity index (χ1) is 16.4. The molecule has 0 bridgehead atoms. The van der Waals surface area contributed by atoms with Gasteiger partial charge in [0.05, 0.1) is 0 Å². The number of hydrogen-bond acceptors (Lipinski definition) is 2. The summed E-state index contributed by atoms with van der Waals surface area (Å²) in [4.78, 5) is 12.6. The maximum absolute atomic E-state index is 11.6. The van der Waals surface area contributed by atoms with E-state index in [0.717, 1.165) is 36.5 Å². The Morgan fingerprint density at radius 2 is 1.77 bits per heavy atom. The number of carbonyl (C=O) groups excluding carboxylic acids is 1. The van der Waals surface area contributed by atoms with Crippen molar-refractivity contribution in [3.8, 4) is 0 Å². The Morgan fingerprint density at radius 1 is 1.06 bits per heavy atom. The highest BCUT2D eigenvalue weighted by Gasteiger charge is 2.60. The Hall–Kier alpha value is 0.170. The molecule has 0 spiro atoms. The summed E-state index contributed by atoms with van der Waals surface area (Å²) in [6, 6.07) is 0. The van der Waals surface area contributed by atoms with Crippen LogP contribution >= 0.6 is 31.9 Å². The molecule has 3 fully saturated rings. The van der Waals surface area contributed by atoms with E-state index < -0.39 is 0 Å². The minimum absolute atomic E-state index is 0.0970. The summed E-state index contributed by atoms with van der Waals surface area (Å²) in [5, 5.41) is 0. The number of fused-ring (bicyclic) bond motifs is 5. The van der Waals surface area contributed by atoms with Gasteiger partial charge >= 0.3 is 5.97 Å². The Labute approximate surface area is 232 Å². The Bertz CT molecular complexity index is 808. The van der Waals surface area contributed by atoms with Gasteiger partial charge in [-0.2, -0.15) is 0 Å². The molecule has 0 unspecified atom stereocenters. The molecule has 4 heteroatoms. The zero-order valence-electron chi connectivity index (χ0n) is 23.3. The van der Waals surface area contributed by atoms with Gasteiger partial charge in [-0.25, -0.2) is 0 Å². The highest BCUT2D eigenvalue weighted by atomic mass is 79.9. The molecule has 0 saturated heterocycles. The Balaban J connectivity index is 1.50. The van der Waals surface area contributed by atoms with Crippen LogP contribution < -0.4 is 0 Å². The van der Waals surface area contributed by atoms with E-state index in [2.05, 4.69) is 79.5 Å². The molecule has 4 aliphatic carbocycles. The fourth-order valence-corrected chi connectivity index (χ4v) is 11.9. The molecular weight excluding hydrogens is 564 g/mol. The molecule has 35 heavy (non-hydrogen) atoms. The Kier molecular flexibility index (Phi) is 8.65. The van der Waals surface area contributed by atoms with Gasteiger partial charge in [0.25, 0.3) is 0 Å². The maximum Gasteiger partial charge on any atom is 0.302 e. The average molecular weight is 615 g/mol. The lowest BCUT2D eigenvalue weighted by Gasteiger charge is -2.58. The predicted molar refractivity (Wildman–Crippen MR) is 154 cm³/mol. The van der Waals surface area contributed by atoms with Gasteiger partial charge < -0.3 is 4.74 Å². The van der Waals surface area contributed by atoms with Gasteiger partial charge in [-0.15, -0.1) is 0 Å². The highest BCUT2D eigenvalue weighted by Crippen LogP contribution is 2.67. The first-order valence-electron chi connectivity index (χ1n) is 14.6. The zero-order valence-corrected chi connectivity index (χ0v) is 26.5. The second kappa shape index (κ2) is 10.7. The van der Waals surface area contributed by atoms with E-state index in [0.29, 0.717) is 38.2 Å². The molecule has 0 heterocycles. The third kappa shape index (κ3) is 4.99. The van der Waals surface area contributed by atoms with Crippen LogP contribution in [0, 0.1) is 52.3 Å².